The van der Waals surface area contributed by atoms with Gasteiger partial charge in [-0.3, -0.25) is 4.79 Å². The Morgan fingerprint density at radius 2 is 2.28 bits per heavy atom. The largest absolute Gasteiger partial charge is 0.435 e. The van der Waals surface area contributed by atoms with Crippen molar-refractivity contribution >= 4 is 27.5 Å². The Morgan fingerprint density at radius 3 is 2.89 bits per heavy atom. The third kappa shape index (κ3) is 2.98. The van der Waals surface area contributed by atoms with E-state index in [4.69, 9.17) is 0 Å². The summed E-state index contributed by atoms with van der Waals surface area (Å²) in [6.45, 7) is -2.26. The standard InChI is InChI=1S/C12H12BrF2NO2/c13-6-8-4-11(17)16(7-8)9-2-1-3-10(5-9)18-12(14)15/h1-3,5,8,12H,4,6-7H2. The maximum atomic E-state index is 12.1. The molecule has 18 heavy (non-hydrogen) atoms. The van der Waals surface area contributed by atoms with Crippen molar-refractivity contribution in [3.05, 3.63) is 24.3 Å². The topological polar surface area (TPSA) is 29.5 Å². The van der Waals surface area contributed by atoms with Gasteiger partial charge in [0.1, 0.15) is 5.75 Å². The Labute approximate surface area is 112 Å². The maximum Gasteiger partial charge on any atom is 0.387 e. The predicted octanol–water partition coefficient (Wildman–Crippen LogP) is 3.04. The molecule has 0 bridgehead atoms. The Bertz CT molecular complexity index is 442. The highest BCUT2D eigenvalue weighted by Gasteiger charge is 2.29. The fraction of sp³-hybridized carbons (Fsp3) is 0.417. The van der Waals surface area contributed by atoms with Crippen LogP contribution in [0.4, 0.5) is 14.5 Å². The lowest BCUT2D eigenvalue weighted by Gasteiger charge is -2.17. The van der Waals surface area contributed by atoms with Crippen molar-refractivity contribution in [3.63, 3.8) is 0 Å². The first-order chi connectivity index (χ1) is 8.60. The Kier molecular flexibility index (Phi) is 4.16. The summed E-state index contributed by atoms with van der Waals surface area (Å²) < 4.78 is 28.5. The fourth-order valence-corrected chi connectivity index (χ4v) is 2.40. The SMILES string of the molecule is O=C1CC(CBr)CN1c1cccc(OC(F)F)c1. The molecule has 1 aliphatic rings. The number of ether oxygens (including phenoxy) is 1. The number of amides is 1. The first-order valence-electron chi connectivity index (χ1n) is 5.51. The van der Waals surface area contributed by atoms with Crippen LogP contribution in [0.15, 0.2) is 24.3 Å². The van der Waals surface area contributed by atoms with Crippen molar-refractivity contribution in [1.29, 1.82) is 0 Å². The van der Waals surface area contributed by atoms with Gasteiger partial charge in [0, 0.05) is 30.0 Å². The minimum absolute atomic E-state index is 0.00801. The van der Waals surface area contributed by atoms with Crippen LogP contribution in [0.2, 0.25) is 0 Å². The van der Waals surface area contributed by atoms with E-state index < -0.39 is 6.61 Å². The molecule has 6 heteroatoms. The van der Waals surface area contributed by atoms with E-state index >= 15 is 0 Å². The molecule has 1 fully saturated rings. The molecule has 2 rings (SSSR count). The van der Waals surface area contributed by atoms with Crippen LogP contribution in [-0.2, 0) is 4.79 Å². The normalized spacial score (nSPS) is 19.7. The summed E-state index contributed by atoms with van der Waals surface area (Å²) in [6.07, 6.45) is 0.477. The lowest BCUT2D eigenvalue weighted by molar-refractivity contribution is -0.117. The smallest absolute Gasteiger partial charge is 0.387 e. The predicted molar refractivity (Wildman–Crippen MR) is 67.3 cm³/mol. The summed E-state index contributed by atoms with van der Waals surface area (Å²) in [6, 6.07) is 6.22. The van der Waals surface area contributed by atoms with Crippen LogP contribution < -0.4 is 9.64 Å². The zero-order valence-corrected chi connectivity index (χ0v) is 11.1. The van der Waals surface area contributed by atoms with Crippen molar-refractivity contribution in [2.24, 2.45) is 5.92 Å². The zero-order valence-electron chi connectivity index (χ0n) is 9.48. The third-order valence-electron chi connectivity index (χ3n) is 2.78. The van der Waals surface area contributed by atoms with Gasteiger partial charge in [0.25, 0.3) is 0 Å². The molecular formula is C12H12BrF2NO2. The van der Waals surface area contributed by atoms with Gasteiger partial charge in [-0.25, -0.2) is 0 Å². The van der Waals surface area contributed by atoms with Crippen molar-refractivity contribution in [1.82, 2.24) is 0 Å². The molecule has 0 N–H and O–H groups in total. The average molecular weight is 320 g/mol. The van der Waals surface area contributed by atoms with Gasteiger partial charge in [-0.05, 0) is 18.1 Å². The monoisotopic (exact) mass is 319 g/mol. The number of halogens is 3. The van der Waals surface area contributed by atoms with E-state index in [2.05, 4.69) is 20.7 Å². The first-order valence-corrected chi connectivity index (χ1v) is 6.63. The second-order valence-corrected chi connectivity index (χ2v) is 4.75. The summed E-state index contributed by atoms with van der Waals surface area (Å²) in [5.74, 6) is 0.336. The van der Waals surface area contributed by atoms with Crippen LogP contribution in [0.5, 0.6) is 5.75 Å². The number of anilines is 1. The molecule has 0 saturated carbocycles. The highest BCUT2D eigenvalue weighted by atomic mass is 79.9. The van der Waals surface area contributed by atoms with Gasteiger partial charge in [0.15, 0.2) is 0 Å². The van der Waals surface area contributed by atoms with Gasteiger partial charge >= 0.3 is 6.61 Å². The summed E-state index contributed by atoms with van der Waals surface area (Å²) in [7, 11) is 0. The summed E-state index contributed by atoms with van der Waals surface area (Å²) >= 11 is 3.35. The van der Waals surface area contributed by atoms with Crippen LogP contribution >= 0.6 is 15.9 Å². The number of carbonyl (C=O) groups is 1. The molecule has 1 saturated heterocycles. The minimum Gasteiger partial charge on any atom is -0.435 e. The van der Waals surface area contributed by atoms with E-state index in [0.717, 1.165) is 5.33 Å². The summed E-state index contributed by atoms with van der Waals surface area (Å²) in [5.41, 5.74) is 0.599. The van der Waals surface area contributed by atoms with Crippen LogP contribution in [0.1, 0.15) is 6.42 Å². The lowest BCUT2D eigenvalue weighted by Crippen LogP contribution is -2.24. The maximum absolute atomic E-state index is 12.1. The Morgan fingerprint density at radius 1 is 1.50 bits per heavy atom. The van der Waals surface area contributed by atoms with Gasteiger partial charge in [-0.15, -0.1) is 0 Å². The molecule has 1 heterocycles. The molecule has 1 unspecified atom stereocenters. The third-order valence-corrected chi connectivity index (χ3v) is 3.69. The van der Waals surface area contributed by atoms with E-state index in [1.807, 2.05) is 0 Å². The van der Waals surface area contributed by atoms with E-state index in [1.54, 1.807) is 17.0 Å². The van der Waals surface area contributed by atoms with Crippen LogP contribution in [0, 0.1) is 5.92 Å². The minimum atomic E-state index is -2.86. The lowest BCUT2D eigenvalue weighted by atomic mass is 10.2. The van der Waals surface area contributed by atoms with Crippen LogP contribution in [-0.4, -0.2) is 24.4 Å². The summed E-state index contributed by atoms with van der Waals surface area (Å²) in [5, 5.41) is 0.752. The van der Waals surface area contributed by atoms with Gasteiger partial charge in [-0.1, -0.05) is 22.0 Å². The van der Waals surface area contributed by atoms with Crippen molar-refractivity contribution in [2.75, 3.05) is 16.8 Å². The Balaban J connectivity index is 2.16. The number of alkyl halides is 3. The number of carbonyl (C=O) groups excluding carboxylic acids is 1. The van der Waals surface area contributed by atoms with E-state index in [0.29, 0.717) is 18.7 Å². The summed E-state index contributed by atoms with van der Waals surface area (Å²) in [4.78, 5) is 13.4. The Hall–Kier alpha value is -1.17. The number of hydrogen-bond donors (Lipinski definition) is 0. The molecule has 0 spiro atoms. The van der Waals surface area contributed by atoms with E-state index in [-0.39, 0.29) is 17.6 Å². The number of benzene rings is 1. The van der Waals surface area contributed by atoms with Crippen molar-refractivity contribution in [3.8, 4) is 5.75 Å². The molecule has 1 aromatic carbocycles. The van der Waals surface area contributed by atoms with E-state index in [1.165, 1.54) is 12.1 Å². The van der Waals surface area contributed by atoms with Crippen molar-refractivity contribution < 1.29 is 18.3 Å². The number of hydrogen-bond acceptors (Lipinski definition) is 2. The quantitative estimate of drug-likeness (QED) is 0.798. The molecule has 1 atom stereocenters. The molecule has 3 nitrogen and oxygen atoms in total. The van der Waals surface area contributed by atoms with Crippen LogP contribution in [0.25, 0.3) is 0 Å². The number of rotatable bonds is 4. The van der Waals surface area contributed by atoms with Gasteiger partial charge in [0.2, 0.25) is 5.91 Å². The molecule has 1 aromatic rings. The fourth-order valence-electron chi connectivity index (χ4n) is 1.96. The second-order valence-electron chi connectivity index (χ2n) is 4.10. The molecular weight excluding hydrogens is 308 g/mol. The van der Waals surface area contributed by atoms with Crippen LogP contribution in [0.3, 0.4) is 0 Å². The first kappa shape index (κ1) is 13.3. The highest BCUT2D eigenvalue weighted by molar-refractivity contribution is 9.09. The molecule has 1 aliphatic heterocycles. The average Bonchev–Trinajstić information content (AvgIpc) is 2.70. The second kappa shape index (κ2) is 5.65. The van der Waals surface area contributed by atoms with Crippen molar-refractivity contribution in [2.45, 2.75) is 13.0 Å². The van der Waals surface area contributed by atoms with Gasteiger partial charge in [-0.2, -0.15) is 8.78 Å². The van der Waals surface area contributed by atoms with Gasteiger partial charge < -0.3 is 9.64 Å². The van der Waals surface area contributed by atoms with Gasteiger partial charge in [0.05, 0.1) is 0 Å². The zero-order chi connectivity index (χ0) is 13.1. The van der Waals surface area contributed by atoms with E-state index in [9.17, 15) is 13.6 Å². The molecule has 1 amide bonds. The number of nitrogens with zero attached hydrogens (tertiary/aromatic N) is 1. The molecule has 98 valence electrons. The molecule has 0 aliphatic carbocycles. The highest BCUT2D eigenvalue weighted by Crippen LogP contribution is 2.29. The molecule has 0 aromatic heterocycles. The molecule has 0 radical (unpaired) electrons.